The average Bonchev–Trinajstić information content (AvgIpc) is 2.92. The van der Waals surface area contributed by atoms with Gasteiger partial charge in [0.2, 0.25) is 5.91 Å². The lowest BCUT2D eigenvalue weighted by atomic mass is 9.81. The van der Waals surface area contributed by atoms with Gasteiger partial charge in [-0.1, -0.05) is 13.8 Å². The van der Waals surface area contributed by atoms with Crippen LogP contribution in [0.25, 0.3) is 0 Å². The Kier molecular flexibility index (Phi) is 4.32. The van der Waals surface area contributed by atoms with Crippen LogP contribution in [-0.4, -0.2) is 30.1 Å². The highest BCUT2D eigenvalue weighted by Crippen LogP contribution is 2.35. The highest BCUT2D eigenvalue weighted by atomic mass is 16.4. The number of carboxylic acid groups (broad SMARTS) is 1. The summed E-state index contributed by atoms with van der Waals surface area (Å²) in [5, 5.41) is 9.04. The summed E-state index contributed by atoms with van der Waals surface area (Å²) in [5.74, 6) is -0.891. The number of hydrogen-bond donors (Lipinski definition) is 2. The molecule has 0 fully saturated rings. The Balaban J connectivity index is 2.34. The summed E-state index contributed by atoms with van der Waals surface area (Å²) >= 11 is 0. The monoisotopic (exact) mass is 290 g/mol. The topological polar surface area (TPSA) is 83.6 Å². The molecule has 1 aliphatic rings. The molecule has 0 aromatic heterocycles. The molecule has 3 N–H and O–H groups in total. The van der Waals surface area contributed by atoms with E-state index in [9.17, 15) is 9.59 Å². The molecule has 1 aromatic carbocycles. The third kappa shape index (κ3) is 2.53. The van der Waals surface area contributed by atoms with Crippen LogP contribution in [0.15, 0.2) is 18.2 Å². The maximum absolute atomic E-state index is 12.9. The average molecular weight is 290 g/mol. The molecule has 0 aliphatic carbocycles. The summed E-state index contributed by atoms with van der Waals surface area (Å²) in [6, 6.07) is 4.94. The number of carbonyl (C=O) groups excluding carboxylic acids is 1. The quantitative estimate of drug-likeness (QED) is 0.869. The van der Waals surface area contributed by atoms with Crippen molar-refractivity contribution in [2.24, 2.45) is 11.1 Å². The van der Waals surface area contributed by atoms with E-state index >= 15 is 0 Å². The maximum Gasteiger partial charge on any atom is 0.335 e. The van der Waals surface area contributed by atoms with E-state index in [0.717, 1.165) is 11.3 Å². The van der Waals surface area contributed by atoms with E-state index < -0.39 is 11.4 Å². The molecule has 1 aromatic rings. The number of fused-ring (bicyclic) bond motifs is 1. The molecule has 5 heteroatoms. The second-order valence-electron chi connectivity index (χ2n) is 5.55. The number of carboxylic acids is 1. The lowest BCUT2D eigenvalue weighted by Gasteiger charge is -2.33. The molecule has 114 valence electrons. The number of nitrogens with two attached hydrogens (primary N) is 1. The SMILES string of the molecule is CCC(CC)(CN)C(=O)N1CCc2cc(C(=O)O)ccc21. The predicted molar refractivity (Wildman–Crippen MR) is 81.5 cm³/mol. The second kappa shape index (κ2) is 5.85. The van der Waals surface area contributed by atoms with Gasteiger partial charge in [0.25, 0.3) is 0 Å². The van der Waals surface area contributed by atoms with Gasteiger partial charge in [0.15, 0.2) is 0 Å². The Bertz CT molecular complexity index is 556. The molecule has 0 saturated heterocycles. The Morgan fingerprint density at radius 2 is 2.00 bits per heavy atom. The van der Waals surface area contributed by atoms with Gasteiger partial charge in [-0.05, 0) is 43.0 Å². The lowest BCUT2D eigenvalue weighted by molar-refractivity contribution is -0.128. The van der Waals surface area contributed by atoms with Crippen LogP contribution in [0.1, 0.15) is 42.6 Å². The van der Waals surface area contributed by atoms with Crippen molar-refractivity contribution in [2.75, 3.05) is 18.0 Å². The number of hydrogen-bond acceptors (Lipinski definition) is 3. The lowest BCUT2D eigenvalue weighted by Crippen LogP contribution is -2.47. The van der Waals surface area contributed by atoms with E-state index in [-0.39, 0.29) is 11.5 Å². The molecule has 0 atom stereocenters. The zero-order valence-electron chi connectivity index (χ0n) is 12.6. The fourth-order valence-electron chi connectivity index (χ4n) is 2.96. The highest BCUT2D eigenvalue weighted by molar-refractivity contribution is 6.00. The third-order valence-electron chi connectivity index (χ3n) is 4.67. The van der Waals surface area contributed by atoms with Crippen molar-refractivity contribution < 1.29 is 14.7 Å². The molecule has 0 radical (unpaired) electrons. The Morgan fingerprint density at radius 3 is 2.52 bits per heavy atom. The van der Waals surface area contributed by atoms with Crippen LogP contribution in [0.5, 0.6) is 0 Å². The molecule has 5 nitrogen and oxygen atoms in total. The fraction of sp³-hybridized carbons (Fsp3) is 0.500. The first-order valence-corrected chi connectivity index (χ1v) is 7.37. The molecule has 2 rings (SSSR count). The van der Waals surface area contributed by atoms with Gasteiger partial charge in [-0.3, -0.25) is 4.79 Å². The number of aromatic carboxylic acids is 1. The summed E-state index contributed by atoms with van der Waals surface area (Å²) < 4.78 is 0. The number of amides is 1. The summed E-state index contributed by atoms with van der Waals surface area (Å²) in [4.78, 5) is 25.7. The van der Waals surface area contributed by atoms with Crippen molar-refractivity contribution in [1.29, 1.82) is 0 Å². The standard InChI is InChI=1S/C16H22N2O3/c1-3-16(4-2,10-17)15(21)18-8-7-11-9-12(14(19)20)5-6-13(11)18/h5-6,9H,3-4,7-8,10,17H2,1-2H3,(H,19,20). The van der Waals surface area contributed by atoms with Crippen molar-refractivity contribution >= 4 is 17.6 Å². The Hall–Kier alpha value is -1.88. The largest absolute Gasteiger partial charge is 0.478 e. The number of carbonyl (C=O) groups is 2. The molecule has 0 unspecified atom stereocenters. The molecule has 0 spiro atoms. The molecule has 0 saturated carbocycles. The van der Waals surface area contributed by atoms with Crippen LogP contribution in [0.4, 0.5) is 5.69 Å². The van der Waals surface area contributed by atoms with Crippen molar-refractivity contribution in [3.8, 4) is 0 Å². The van der Waals surface area contributed by atoms with Crippen LogP contribution in [0, 0.1) is 5.41 Å². The van der Waals surface area contributed by atoms with Gasteiger partial charge >= 0.3 is 5.97 Å². The van der Waals surface area contributed by atoms with E-state index in [1.54, 1.807) is 23.1 Å². The first kappa shape index (κ1) is 15.5. The van der Waals surface area contributed by atoms with Crippen LogP contribution in [0.2, 0.25) is 0 Å². The summed E-state index contributed by atoms with van der Waals surface area (Å²) in [7, 11) is 0. The zero-order valence-corrected chi connectivity index (χ0v) is 12.6. The number of nitrogens with zero attached hydrogens (tertiary/aromatic N) is 1. The first-order valence-electron chi connectivity index (χ1n) is 7.37. The molecular formula is C16H22N2O3. The van der Waals surface area contributed by atoms with E-state index in [1.807, 2.05) is 13.8 Å². The maximum atomic E-state index is 12.9. The van der Waals surface area contributed by atoms with Crippen LogP contribution >= 0.6 is 0 Å². The first-order chi connectivity index (χ1) is 9.99. The van der Waals surface area contributed by atoms with Gasteiger partial charge in [0, 0.05) is 18.8 Å². The van der Waals surface area contributed by atoms with Gasteiger partial charge in [-0.2, -0.15) is 0 Å². The minimum Gasteiger partial charge on any atom is -0.478 e. The molecule has 0 bridgehead atoms. The predicted octanol–water partition coefficient (Wildman–Crippen LogP) is 2.04. The van der Waals surface area contributed by atoms with Crippen molar-refractivity contribution in [1.82, 2.24) is 0 Å². The second-order valence-corrected chi connectivity index (χ2v) is 5.55. The minimum atomic E-state index is -0.944. The van der Waals surface area contributed by atoms with E-state index in [0.29, 0.717) is 32.4 Å². The summed E-state index contributed by atoms with van der Waals surface area (Å²) in [5.41, 5.74) is 7.34. The molecule has 1 heterocycles. The van der Waals surface area contributed by atoms with E-state index in [1.165, 1.54) is 0 Å². The normalized spacial score (nSPS) is 14.1. The van der Waals surface area contributed by atoms with Crippen molar-refractivity contribution in [2.45, 2.75) is 33.1 Å². The zero-order chi connectivity index (χ0) is 15.6. The van der Waals surface area contributed by atoms with Gasteiger partial charge in [0.05, 0.1) is 11.0 Å². The van der Waals surface area contributed by atoms with Crippen LogP contribution < -0.4 is 10.6 Å². The molecular weight excluding hydrogens is 268 g/mol. The number of benzene rings is 1. The fourth-order valence-corrected chi connectivity index (χ4v) is 2.96. The summed E-state index contributed by atoms with van der Waals surface area (Å²) in [6.45, 7) is 4.90. The van der Waals surface area contributed by atoms with Crippen LogP contribution in [-0.2, 0) is 11.2 Å². The Morgan fingerprint density at radius 1 is 1.33 bits per heavy atom. The van der Waals surface area contributed by atoms with Gasteiger partial charge in [-0.25, -0.2) is 4.79 Å². The van der Waals surface area contributed by atoms with Crippen molar-refractivity contribution in [3.05, 3.63) is 29.3 Å². The Labute approximate surface area is 124 Å². The smallest absolute Gasteiger partial charge is 0.335 e. The number of rotatable bonds is 5. The van der Waals surface area contributed by atoms with Gasteiger partial charge in [-0.15, -0.1) is 0 Å². The molecule has 1 aliphatic heterocycles. The summed E-state index contributed by atoms with van der Waals surface area (Å²) in [6.07, 6.45) is 2.10. The third-order valence-corrected chi connectivity index (χ3v) is 4.67. The van der Waals surface area contributed by atoms with Gasteiger partial charge < -0.3 is 15.7 Å². The molecule has 1 amide bonds. The highest BCUT2D eigenvalue weighted by Gasteiger charge is 2.39. The number of anilines is 1. The van der Waals surface area contributed by atoms with Gasteiger partial charge in [0.1, 0.15) is 0 Å². The van der Waals surface area contributed by atoms with Crippen LogP contribution in [0.3, 0.4) is 0 Å². The van der Waals surface area contributed by atoms with E-state index in [2.05, 4.69) is 0 Å². The van der Waals surface area contributed by atoms with E-state index in [4.69, 9.17) is 10.8 Å². The molecule has 21 heavy (non-hydrogen) atoms. The minimum absolute atomic E-state index is 0.0526. The van der Waals surface area contributed by atoms with Crippen molar-refractivity contribution in [3.63, 3.8) is 0 Å².